The van der Waals surface area contributed by atoms with E-state index >= 15 is 0 Å². The number of amides is 1. The van der Waals surface area contributed by atoms with Crippen LogP contribution in [0, 0.1) is 5.41 Å². The molecule has 2 aliphatic rings. The van der Waals surface area contributed by atoms with Gasteiger partial charge in [-0.1, -0.05) is 13.3 Å². The van der Waals surface area contributed by atoms with E-state index in [2.05, 4.69) is 17.6 Å². The van der Waals surface area contributed by atoms with Gasteiger partial charge in [0.1, 0.15) is 0 Å². The van der Waals surface area contributed by atoms with E-state index in [1.807, 2.05) is 0 Å². The molecule has 2 N–H and O–H groups in total. The zero-order valence-electron chi connectivity index (χ0n) is 9.34. The van der Waals surface area contributed by atoms with E-state index in [1.54, 1.807) is 0 Å². The largest absolute Gasteiger partial charge is 0.353 e. The normalized spacial score (nSPS) is 28.6. The molecule has 2 fully saturated rings. The van der Waals surface area contributed by atoms with Crippen molar-refractivity contribution in [1.29, 1.82) is 0 Å². The van der Waals surface area contributed by atoms with Crippen LogP contribution in [0.4, 0.5) is 0 Å². The summed E-state index contributed by atoms with van der Waals surface area (Å²) in [5.41, 5.74) is 0.290. The lowest BCUT2D eigenvalue weighted by molar-refractivity contribution is -0.119. The van der Waals surface area contributed by atoms with Gasteiger partial charge >= 0.3 is 0 Å². The highest BCUT2D eigenvalue weighted by molar-refractivity contribution is 5.85. The molecule has 0 aromatic carbocycles. The molecule has 15 heavy (non-hydrogen) atoms. The van der Waals surface area contributed by atoms with Crippen LogP contribution in [0.1, 0.15) is 39.0 Å². The average Bonchev–Trinajstić information content (AvgIpc) is 2.45. The molecule has 0 bridgehead atoms. The van der Waals surface area contributed by atoms with Crippen molar-refractivity contribution < 1.29 is 4.79 Å². The molecule has 2 rings (SSSR count). The SMILES string of the molecule is CCCC1NC(=O)CC12CCNCC2.Cl. The van der Waals surface area contributed by atoms with Crippen LogP contribution < -0.4 is 10.6 Å². The summed E-state index contributed by atoms with van der Waals surface area (Å²) in [5, 5.41) is 6.52. The second-order valence-electron chi connectivity index (χ2n) is 4.70. The number of piperidine rings is 1. The van der Waals surface area contributed by atoms with Crippen LogP contribution in [-0.2, 0) is 4.79 Å². The highest BCUT2D eigenvalue weighted by Crippen LogP contribution is 2.41. The van der Waals surface area contributed by atoms with Gasteiger partial charge in [0.2, 0.25) is 5.91 Å². The molecule has 0 aliphatic carbocycles. The molecule has 1 amide bonds. The summed E-state index contributed by atoms with van der Waals surface area (Å²) in [7, 11) is 0. The van der Waals surface area contributed by atoms with Crippen molar-refractivity contribution in [2.24, 2.45) is 5.41 Å². The number of halogens is 1. The number of nitrogens with one attached hydrogen (secondary N) is 2. The van der Waals surface area contributed by atoms with Crippen molar-refractivity contribution >= 4 is 18.3 Å². The molecular weight excluding hydrogens is 212 g/mol. The first-order valence-corrected chi connectivity index (χ1v) is 5.77. The summed E-state index contributed by atoms with van der Waals surface area (Å²) >= 11 is 0. The highest BCUT2D eigenvalue weighted by Gasteiger charge is 2.46. The third kappa shape index (κ3) is 2.45. The number of hydrogen-bond acceptors (Lipinski definition) is 2. The van der Waals surface area contributed by atoms with Gasteiger partial charge in [-0.15, -0.1) is 12.4 Å². The van der Waals surface area contributed by atoms with Crippen LogP contribution in [0.3, 0.4) is 0 Å². The van der Waals surface area contributed by atoms with E-state index in [9.17, 15) is 4.79 Å². The third-order valence-electron chi connectivity index (χ3n) is 3.76. The molecule has 1 spiro atoms. The second-order valence-corrected chi connectivity index (χ2v) is 4.70. The van der Waals surface area contributed by atoms with Gasteiger partial charge in [0, 0.05) is 17.9 Å². The predicted octanol–water partition coefficient (Wildman–Crippen LogP) is 1.47. The fourth-order valence-corrected chi connectivity index (χ4v) is 2.96. The van der Waals surface area contributed by atoms with Crippen molar-refractivity contribution in [3.8, 4) is 0 Å². The first kappa shape index (κ1) is 12.8. The monoisotopic (exact) mass is 232 g/mol. The Bertz CT molecular complexity index is 227. The van der Waals surface area contributed by atoms with Crippen LogP contribution in [0.5, 0.6) is 0 Å². The fourth-order valence-electron chi connectivity index (χ4n) is 2.96. The molecule has 3 nitrogen and oxygen atoms in total. The molecule has 1 atom stereocenters. The van der Waals surface area contributed by atoms with E-state index < -0.39 is 0 Å². The Morgan fingerprint density at radius 3 is 2.67 bits per heavy atom. The summed E-state index contributed by atoms with van der Waals surface area (Å²) in [6.45, 7) is 4.35. The molecule has 1 unspecified atom stereocenters. The van der Waals surface area contributed by atoms with E-state index in [-0.39, 0.29) is 18.3 Å². The van der Waals surface area contributed by atoms with E-state index in [0.717, 1.165) is 38.8 Å². The maximum Gasteiger partial charge on any atom is 0.220 e. The average molecular weight is 233 g/mol. The molecular formula is C11H21ClN2O. The van der Waals surface area contributed by atoms with Crippen molar-refractivity contribution in [3.63, 3.8) is 0 Å². The lowest BCUT2D eigenvalue weighted by Gasteiger charge is -2.37. The van der Waals surface area contributed by atoms with Gasteiger partial charge in [0.25, 0.3) is 0 Å². The van der Waals surface area contributed by atoms with Crippen molar-refractivity contribution in [2.45, 2.75) is 45.1 Å². The molecule has 2 aliphatic heterocycles. The zero-order chi connectivity index (χ0) is 10.0. The topological polar surface area (TPSA) is 41.1 Å². The van der Waals surface area contributed by atoms with Crippen LogP contribution in [0.2, 0.25) is 0 Å². The Morgan fingerprint density at radius 2 is 2.07 bits per heavy atom. The second kappa shape index (κ2) is 5.17. The fraction of sp³-hybridized carbons (Fsp3) is 0.909. The molecule has 0 saturated carbocycles. The maximum absolute atomic E-state index is 11.5. The van der Waals surface area contributed by atoms with Crippen molar-refractivity contribution in [3.05, 3.63) is 0 Å². The minimum Gasteiger partial charge on any atom is -0.353 e. The van der Waals surface area contributed by atoms with Crippen molar-refractivity contribution in [2.75, 3.05) is 13.1 Å². The minimum atomic E-state index is 0. The summed E-state index contributed by atoms with van der Waals surface area (Å²) in [5.74, 6) is 0.269. The van der Waals surface area contributed by atoms with Gasteiger partial charge < -0.3 is 10.6 Å². The molecule has 2 saturated heterocycles. The van der Waals surface area contributed by atoms with Gasteiger partial charge in [-0.25, -0.2) is 0 Å². The van der Waals surface area contributed by atoms with Gasteiger partial charge in [0.15, 0.2) is 0 Å². The smallest absolute Gasteiger partial charge is 0.220 e. The lowest BCUT2D eigenvalue weighted by atomic mass is 9.72. The third-order valence-corrected chi connectivity index (χ3v) is 3.76. The van der Waals surface area contributed by atoms with E-state index in [4.69, 9.17) is 0 Å². The van der Waals surface area contributed by atoms with Crippen molar-refractivity contribution in [1.82, 2.24) is 10.6 Å². The molecule has 0 radical (unpaired) electrons. The molecule has 0 aromatic rings. The first-order chi connectivity index (χ1) is 6.77. The molecule has 88 valence electrons. The molecule has 0 aromatic heterocycles. The minimum absolute atomic E-state index is 0. The Hall–Kier alpha value is -0.280. The number of hydrogen-bond donors (Lipinski definition) is 2. The van der Waals surface area contributed by atoms with Gasteiger partial charge in [-0.2, -0.15) is 0 Å². The Morgan fingerprint density at radius 1 is 1.40 bits per heavy atom. The summed E-state index contributed by atoms with van der Waals surface area (Å²) in [6, 6.07) is 0.446. The number of rotatable bonds is 2. The Balaban J connectivity index is 0.00000112. The number of carbonyl (C=O) groups is 1. The zero-order valence-corrected chi connectivity index (χ0v) is 10.2. The van der Waals surface area contributed by atoms with Crippen LogP contribution in [0.25, 0.3) is 0 Å². The van der Waals surface area contributed by atoms with Crippen LogP contribution in [0.15, 0.2) is 0 Å². The van der Waals surface area contributed by atoms with Gasteiger partial charge in [-0.3, -0.25) is 4.79 Å². The van der Waals surface area contributed by atoms with Crippen LogP contribution >= 0.6 is 12.4 Å². The summed E-state index contributed by atoms with van der Waals surface area (Å²) < 4.78 is 0. The highest BCUT2D eigenvalue weighted by atomic mass is 35.5. The van der Waals surface area contributed by atoms with E-state index in [0.29, 0.717) is 11.5 Å². The lowest BCUT2D eigenvalue weighted by Crippen LogP contribution is -2.44. The summed E-state index contributed by atoms with van der Waals surface area (Å²) in [4.78, 5) is 11.5. The molecule has 2 heterocycles. The summed E-state index contributed by atoms with van der Waals surface area (Å²) in [6.07, 6.45) is 5.40. The standard InChI is InChI=1S/C11H20N2O.ClH/c1-2-3-9-11(8-10(14)13-9)4-6-12-7-5-11;/h9,12H,2-8H2,1H3,(H,13,14);1H. The van der Waals surface area contributed by atoms with E-state index in [1.165, 1.54) is 6.42 Å². The predicted molar refractivity (Wildman–Crippen MR) is 63.2 cm³/mol. The first-order valence-electron chi connectivity index (χ1n) is 5.77. The molecule has 4 heteroatoms. The number of carbonyl (C=O) groups excluding carboxylic acids is 1. The Labute approximate surface area is 97.8 Å². The van der Waals surface area contributed by atoms with Crippen LogP contribution in [-0.4, -0.2) is 25.0 Å². The quantitative estimate of drug-likeness (QED) is 0.757. The van der Waals surface area contributed by atoms with Gasteiger partial charge in [0.05, 0.1) is 0 Å². The Kier molecular flexibility index (Phi) is 4.41. The van der Waals surface area contributed by atoms with Gasteiger partial charge in [-0.05, 0) is 32.4 Å². The maximum atomic E-state index is 11.5.